The minimum absolute atomic E-state index is 0.165. The highest BCUT2D eigenvalue weighted by Crippen LogP contribution is 2.24. The minimum atomic E-state index is 0.165. The summed E-state index contributed by atoms with van der Waals surface area (Å²) in [6.07, 6.45) is 4.74. The van der Waals surface area contributed by atoms with Crippen LogP contribution in [-0.2, 0) is 0 Å². The SMILES string of the molecule is C[C@@H]1CN(C(=O)NC2CCC(N3CCNCC3)CC2)CCS1. The average molecular weight is 327 g/mol. The molecule has 6 heteroatoms. The van der Waals surface area contributed by atoms with E-state index >= 15 is 0 Å². The summed E-state index contributed by atoms with van der Waals surface area (Å²) in [5.74, 6) is 1.07. The molecule has 0 bridgehead atoms. The van der Waals surface area contributed by atoms with Crippen LogP contribution in [0.1, 0.15) is 32.6 Å². The lowest BCUT2D eigenvalue weighted by atomic mass is 9.90. The fourth-order valence-corrected chi connectivity index (χ4v) is 4.91. The summed E-state index contributed by atoms with van der Waals surface area (Å²) in [4.78, 5) is 17.0. The van der Waals surface area contributed by atoms with Crippen LogP contribution in [0.25, 0.3) is 0 Å². The van der Waals surface area contributed by atoms with Gasteiger partial charge in [0.05, 0.1) is 0 Å². The molecule has 1 aliphatic carbocycles. The van der Waals surface area contributed by atoms with Gasteiger partial charge in [-0.2, -0.15) is 11.8 Å². The number of carbonyl (C=O) groups is 1. The van der Waals surface area contributed by atoms with Gasteiger partial charge in [-0.15, -0.1) is 0 Å². The van der Waals surface area contributed by atoms with E-state index in [4.69, 9.17) is 0 Å². The van der Waals surface area contributed by atoms with Crippen molar-refractivity contribution in [3.63, 3.8) is 0 Å². The van der Waals surface area contributed by atoms with Gasteiger partial charge in [-0.1, -0.05) is 6.92 Å². The van der Waals surface area contributed by atoms with E-state index in [0.717, 1.165) is 50.8 Å². The largest absolute Gasteiger partial charge is 0.335 e. The van der Waals surface area contributed by atoms with Crippen LogP contribution in [-0.4, -0.2) is 78.2 Å². The summed E-state index contributed by atoms with van der Waals surface area (Å²) in [5.41, 5.74) is 0. The van der Waals surface area contributed by atoms with E-state index in [9.17, 15) is 4.79 Å². The molecule has 0 aromatic carbocycles. The zero-order chi connectivity index (χ0) is 15.4. The Hall–Kier alpha value is -0.460. The number of hydrogen-bond donors (Lipinski definition) is 2. The number of piperazine rings is 1. The first-order valence-corrected chi connectivity index (χ1v) is 9.89. The number of nitrogens with one attached hydrogen (secondary N) is 2. The lowest BCUT2D eigenvalue weighted by Gasteiger charge is -2.40. The van der Waals surface area contributed by atoms with Crippen molar-refractivity contribution >= 4 is 17.8 Å². The van der Waals surface area contributed by atoms with Crippen molar-refractivity contribution in [3.05, 3.63) is 0 Å². The van der Waals surface area contributed by atoms with Gasteiger partial charge in [0.15, 0.2) is 0 Å². The van der Waals surface area contributed by atoms with Gasteiger partial charge in [0.25, 0.3) is 0 Å². The Labute approximate surface area is 138 Å². The second kappa shape index (κ2) is 7.88. The highest BCUT2D eigenvalue weighted by molar-refractivity contribution is 7.99. The van der Waals surface area contributed by atoms with Gasteiger partial charge in [0.2, 0.25) is 0 Å². The fourth-order valence-electron chi connectivity index (χ4n) is 3.90. The van der Waals surface area contributed by atoms with Gasteiger partial charge < -0.3 is 15.5 Å². The topological polar surface area (TPSA) is 47.6 Å². The smallest absolute Gasteiger partial charge is 0.317 e. The van der Waals surface area contributed by atoms with E-state index in [-0.39, 0.29) is 6.03 Å². The van der Waals surface area contributed by atoms with Crippen LogP contribution in [0.3, 0.4) is 0 Å². The molecule has 0 spiro atoms. The first kappa shape index (κ1) is 16.4. The summed E-state index contributed by atoms with van der Waals surface area (Å²) < 4.78 is 0. The zero-order valence-electron chi connectivity index (χ0n) is 13.7. The lowest BCUT2D eigenvalue weighted by Crippen LogP contribution is -2.53. The number of nitrogens with zero attached hydrogens (tertiary/aromatic N) is 2. The van der Waals surface area contributed by atoms with E-state index in [1.54, 1.807) is 0 Å². The molecule has 2 heterocycles. The van der Waals surface area contributed by atoms with E-state index in [1.807, 2.05) is 16.7 Å². The number of thioether (sulfide) groups is 1. The molecule has 2 aliphatic heterocycles. The van der Waals surface area contributed by atoms with E-state index in [2.05, 4.69) is 22.5 Å². The van der Waals surface area contributed by atoms with Crippen LogP contribution >= 0.6 is 11.8 Å². The van der Waals surface area contributed by atoms with E-state index in [1.165, 1.54) is 25.9 Å². The molecular formula is C16H30N4OS. The van der Waals surface area contributed by atoms with Crippen LogP contribution in [0.2, 0.25) is 0 Å². The van der Waals surface area contributed by atoms with E-state index < -0.39 is 0 Å². The highest BCUT2D eigenvalue weighted by atomic mass is 32.2. The molecule has 126 valence electrons. The van der Waals surface area contributed by atoms with Crippen LogP contribution in [0, 0.1) is 0 Å². The Kier molecular flexibility index (Phi) is 5.88. The number of carbonyl (C=O) groups excluding carboxylic acids is 1. The van der Waals surface area contributed by atoms with E-state index in [0.29, 0.717) is 11.3 Å². The minimum Gasteiger partial charge on any atom is -0.335 e. The Morgan fingerprint density at radius 1 is 1.14 bits per heavy atom. The van der Waals surface area contributed by atoms with Gasteiger partial charge in [-0.05, 0) is 25.7 Å². The van der Waals surface area contributed by atoms with Gasteiger partial charge >= 0.3 is 6.03 Å². The monoisotopic (exact) mass is 326 g/mol. The second-order valence-corrected chi connectivity index (χ2v) is 8.41. The molecule has 2 saturated heterocycles. The second-order valence-electron chi connectivity index (χ2n) is 6.87. The normalized spacial score (nSPS) is 34.4. The molecular weight excluding hydrogens is 296 g/mol. The van der Waals surface area contributed by atoms with Crippen LogP contribution in [0.5, 0.6) is 0 Å². The van der Waals surface area contributed by atoms with Crippen LogP contribution in [0.4, 0.5) is 4.79 Å². The van der Waals surface area contributed by atoms with Crippen molar-refractivity contribution in [1.29, 1.82) is 0 Å². The maximum absolute atomic E-state index is 12.4. The number of rotatable bonds is 2. The van der Waals surface area contributed by atoms with Crippen molar-refractivity contribution < 1.29 is 4.79 Å². The van der Waals surface area contributed by atoms with Crippen molar-refractivity contribution in [2.75, 3.05) is 45.0 Å². The van der Waals surface area contributed by atoms with Crippen molar-refractivity contribution in [2.24, 2.45) is 0 Å². The maximum Gasteiger partial charge on any atom is 0.317 e. The third-order valence-corrected chi connectivity index (χ3v) is 6.36. The van der Waals surface area contributed by atoms with Crippen molar-refractivity contribution in [1.82, 2.24) is 20.4 Å². The molecule has 3 aliphatic rings. The molecule has 3 rings (SSSR count). The Morgan fingerprint density at radius 2 is 1.86 bits per heavy atom. The quantitative estimate of drug-likeness (QED) is 0.804. The molecule has 1 saturated carbocycles. The standard InChI is InChI=1S/C16H30N4OS/c1-13-12-20(10-11-22-13)16(21)18-14-2-4-15(5-3-14)19-8-6-17-7-9-19/h13-15,17H,2-12H2,1H3,(H,18,21)/t13-,14?,15?/m1/s1. The molecule has 0 aromatic rings. The maximum atomic E-state index is 12.4. The molecule has 2 amide bonds. The Bertz CT molecular complexity index is 367. The molecule has 1 atom stereocenters. The first-order chi connectivity index (χ1) is 10.7. The zero-order valence-corrected chi connectivity index (χ0v) is 14.5. The lowest BCUT2D eigenvalue weighted by molar-refractivity contribution is 0.126. The molecule has 0 aromatic heterocycles. The Balaban J connectivity index is 1.40. The molecule has 3 fully saturated rings. The molecule has 0 radical (unpaired) electrons. The number of hydrogen-bond acceptors (Lipinski definition) is 4. The molecule has 0 unspecified atom stereocenters. The van der Waals surface area contributed by atoms with Gasteiger partial charge in [-0.3, -0.25) is 4.90 Å². The molecule has 2 N–H and O–H groups in total. The summed E-state index contributed by atoms with van der Waals surface area (Å²) in [7, 11) is 0. The van der Waals surface area contributed by atoms with Gasteiger partial charge in [0.1, 0.15) is 0 Å². The van der Waals surface area contributed by atoms with Crippen LogP contribution < -0.4 is 10.6 Å². The first-order valence-electron chi connectivity index (χ1n) is 8.84. The Morgan fingerprint density at radius 3 is 2.55 bits per heavy atom. The van der Waals surface area contributed by atoms with Crippen molar-refractivity contribution in [2.45, 2.75) is 49.9 Å². The predicted octanol–water partition coefficient (Wildman–Crippen LogP) is 1.35. The predicted molar refractivity (Wildman–Crippen MR) is 92.5 cm³/mol. The van der Waals surface area contributed by atoms with Gasteiger partial charge in [-0.25, -0.2) is 4.79 Å². The summed E-state index contributed by atoms with van der Waals surface area (Å²) >= 11 is 1.97. The van der Waals surface area contributed by atoms with Crippen molar-refractivity contribution in [3.8, 4) is 0 Å². The summed E-state index contributed by atoms with van der Waals surface area (Å²) in [6, 6.07) is 1.29. The summed E-state index contributed by atoms with van der Waals surface area (Å²) in [6.45, 7) is 8.63. The third kappa shape index (κ3) is 4.30. The molecule has 22 heavy (non-hydrogen) atoms. The molecule has 5 nitrogen and oxygen atoms in total. The summed E-state index contributed by atoms with van der Waals surface area (Å²) in [5, 5.41) is 7.27. The number of amides is 2. The number of urea groups is 1. The van der Waals surface area contributed by atoms with Crippen LogP contribution in [0.15, 0.2) is 0 Å². The van der Waals surface area contributed by atoms with Gasteiger partial charge in [0, 0.05) is 62.4 Å². The highest BCUT2D eigenvalue weighted by Gasteiger charge is 2.29. The fraction of sp³-hybridized carbons (Fsp3) is 0.938. The third-order valence-electron chi connectivity index (χ3n) is 5.22. The average Bonchev–Trinajstić information content (AvgIpc) is 2.56.